The molecule has 0 spiro atoms. The zero-order valence-electron chi connectivity index (χ0n) is 13.2. The van der Waals surface area contributed by atoms with Crippen molar-refractivity contribution < 1.29 is 22.7 Å². The van der Waals surface area contributed by atoms with Gasteiger partial charge in [0.1, 0.15) is 5.75 Å². The predicted molar refractivity (Wildman–Crippen MR) is 82.6 cm³/mol. The molecule has 3 rings (SSSR count). The summed E-state index contributed by atoms with van der Waals surface area (Å²) in [7, 11) is 0. The van der Waals surface area contributed by atoms with E-state index in [-0.39, 0.29) is 23.5 Å². The number of carbonyl (C=O) groups excluding carboxylic acids is 1. The zero-order valence-corrected chi connectivity index (χ0v) is 13.2. The highest BCUT2D eigenvalue weighted by molar-refractivity contribution is 5.83. The Kier molecular flexibility index (Phi) is 4.99. The molecule has 4 nitrogen and oxygen atoms in total. The van der Waals surface area contributed by atoms with Gasteiger partial charge in [0, 0.05) is 12.5 Å². The molecule has 7 heteroatoms. The largest absolute Gasteiger partial charge is 0.573 e. The lowest BCUT2D eigenvalue weighted by Crippen LogP contribution is -2.38. The number of nitrogens with one attached hydrogen (secondary N) is 2. The first-order valence-electron chi connectivity index (χ1n) is 8.27. The Labute approximate surface area is 138 Å². The average Bonchev–Trinajstić information content (AvgIpc) is 3.33. The van der Waals surface area contributed by atoms with E-state index in [1.165, 1.54) is 12.1 Å². The summed E-state index contributed by atoms with van der Waals surface area (Å²) >= 11 is 0. The van der Waals surface area contributed by atoms with Crippen molar-refractivity contribution >= 4 is 5.91 Å². The number of carbonyl (C=O) groups is 1. The van der Waals surface area contributed by atoms with Crippen LogP contribution in [0.25, 0.3) is 0 Å². The first-order valence-corrected chi connectivity index (χ1v) is 8.27. The molecule has 1 saturated heterocycles. The molecule has 1 aliphatic carbocycles. The molecule has 1 amide bonds. The smallest absolute Gasteiger partial charge is 0.405 e. The first kappa shape index (κ1) is 17.1. The number of para-hydroxylation sites is 1. The molecule has 132 valence electrons. The highest BCUT2D eigenvalue weighted by Crippen LogP contribution is 2.51. The molecule has 2 N–H and O–H groups in total. The summed E-state index contributed by atoms with van der Waals surface area (Å²) in [6, 6.07) is 6.06. The Morgan fingerprint density at radius 3 is 2.83 bits per heavy atom. The predicted octanol–water partition coefficient (Wildman–Crippen LogP) is 2.80. The summed E-state index contributed by atoms with van der Waals surface area (Å²) in [6.07, 6.45) is -1.97. The van der Waals surface area contributed by atoms with Gasteiger partial charge in [-0.2, -0.15) is 0 Å². The molecule has 24 heavy (non-hydrogen) atoms. The van der Waals surface area contributed by atoms with Crippen molar-refractivity contribution in [2.24, 2.45) is 11.8 Å². The normalized spacial score (nSPS) is 26.7. The first-order chi connectivity index (χ1) is 11.4. The van der Waals surface area contributed by atoms with E-state index >= 15 is 0 Å². The third kappa shape index (κ3) is 4.41. The Hall–Kier alpha value is -1.76. The van der Waals surface area contributed by atoms with E-state index in [0.29, 0.717) is 24.4 Å². The average molecular weight is 342 g/mol. The zero-order chi connectivity index (χ0) is 17.2. The van der Waals surface area contributed by atoms with Crippen molar-refractivity contribution in [3.05, 3.63) is 29.8 Å². The fraction of sp³-hybridized carbons (Fsp3) is 0.588. The molecule has 3 unspecified atom stereocenters. The van der Waals surface area contributed by atoms with Crippen LogP contribution in [0.5, 0.6) is 5.75 Å². The van der Waals surface area contributed by atoms with Crippen LogP contribution in [-0.4, -0.2) is 31.9 Å². The Bertz CT molecular complexity index is 585. The third-order valence-corrected chi connectivity index (χ3v) is 4.64. The summed E-state index contributed by atoms with van der Waals surface area (Å²) in [5, 5.41) is 6.23. The Balaban J connectivity index is 1.55. The van der Waals surface area contributed by atoms with Crippen molar-refractivity contribution in [1.82, 2.24) is 10.6 Å². The lowest BCUT2D eigenvalue weighted by atomic mass is 9.99. The van der Waals surface area contributed by atoms with Crippen LogP contribution in [0.2, 0.25) is 0 Å². The molecule has 1 saturated carbocycles. The maximum atomic E-state index is 12.5. The van der Waals surface area contributed by atoms with E-state index < -0.39 is 6.36 Å². The number of amides is 1. The topological polar surface area (TPSA) is 50.4 Å². The van der Waals surface area contributed by atoms with Crippen LogP contribution in [0.3, 0.4) is 0 Å². The summed E-state index contributed by atoms with van der Waals surface area (Å²) in [5.41, 5.74) is 0.453. The Morgan fingerprint density at radius 1 is 1.33 bits per heavy atom. The van der Waals surface area contributed by atoms with Gasteiger partial charge in [-0.05, 0) is 55.8 Å². The molecule has 1 aliphatic heterocycles. The summed E-state index contributed by atoms with van der Waals surface area (Å²) < 4.78 is 41.5. The van der Waals surface area contributed by atoms with Crippen molar-refractivity contribution in [3.8, 4) is 5.75 Å². The monoisotopic (exact) mass is 342 g/mol. The van der Waals surface area contributed by atoms with E-state index in [1.807, 2.05) is 0 Å². The van der Waals surface area contributed by atoms with E-state index in [9.17, 15) is 18.0 Å². The number of hydrogen-bond donors (Lipinski definition) is 2. The number of ether oxygens (including phenoxy) is 1. The van der Waals surface area contributed by atoms with Gasteiger partial charge in [-0.15, -0.1) is 13.2 Å². The molecule has 2 fully saturated rings. The van der Waals surface area contributed by atoms with Crippen molar-refractivity contribution in [1.29, 1.82) is 0 Å². The van der Waals surface area contributed by atoms with E-state index in [0.717, 1.165) is 25.9 Å². The van der Waals surface area contributed by atoms with Gasteiger partial charge in [-0.1, -0.05) is 18.2 Å². The second-order valence-electron chi connectivity index (χ2n) is 6.49. The lowest BCUT2D eigenvalue weighted by molar-refractivity contribution is -0.274. The number of benzene rings is 1. The highest BCUT2D eigenvalue weighted by atomic mass is 19.4. The lowest BCUT2D eigenvalue weighted by Gasteiger charge is -2.22. The van der Waals surface area contributed by atoms with Crippen molar-refractivity contribution in [2.45, 2.75) is 31.5 Å². The summed E-state index contributed by atoms with van der Waals surface area (Å²) in [6.45, 7) is 2.54. The number of halogens is 3. The second-order valence-corrected chi connectivity index (χ2v) is 6.49. The molecule has 0 radical (unpaired) electrons. The third-order valence-electron chi connectivity index (χ3n) is 4.64. The minimum atomic E-state index is -4.73. The minimum Gasteiger partial charge on any atom is -0.405 e. The molecule has 0 aromatic heterocycles. The fourth-order valence-electron chi connectivity index (χ4n) is 3.31. The van der Waals surface area contributed by atoms with E-state index in [4.69, 9.17) is 0 Å². The number of piperidine rings is 1. The second kappa shape index (κ2) is 7.01. The van der Waals surface area contributed by atoms with Gasteiger partial charge < -0.3 is 15.4 Å². The maximum absolute atomic E-state index is 12.5. The number of hydrogen-bond acceptors (Lipinski definition) is 3. The maximum Gasteiger partial charge on any atom is 0.573 e. The van der Waals surface area contributed by atoms with Crippen LogP contribution in [-0.2, 0) is 4.79 Å². The number of alkyl halides is 3. The van der Waals surface area contributed by atoms with Crippen LogP contribution in [0.1, 0.15) is 30.7 Å². The van der Waals surface area contributed by atoms with Crippen LogP contribution in [0, 0.1) is 11.8 Å². The van der Waals surface area contributed by atoms with Gasteiger partial charge in [0.05, 0.1) is 0 Å². The summed E-state index contributed by atoms with van der Waals surface area (Å²) in [4.78, 5) is 12.2. The molecule has 2 aliphatic rings. The standard InChI is InChI=1S/C17H21F3N2O2/c18-17(19,20)24-15-6-2-1-5-12(15)13-8-14(13)16(23)22-10-11-4-3-7-21-9-11/h1-2,5-6,11,13-14,21H,3-4,7-10H2,(H,22,23). The molecule has 1 aromatic carbocycles. The van der Waals surface area contributed by atoms with Gasteiger partial charge in [0.2, 0.25) is 5.91 Å². The van der Waals surface area contributed by atoms with Crippen LogP contribution in [0.4, 0.5) is 13.2 Å². The van der Waals surface area contributed by atoms with Gasteiger partial charge in [-0.25, -0.2) is 0 Å². The van der Waals surface area contributed by atoms with E-state index in [2.05, 4.69) is 15.4 Å². The minimum absolute atomic E-state index is 0.0765. The number of rotatable bonds is 5. The molecule has 0 bridgehead atoms. The Morgan fingerprint density at radius 2 is 2.12 bits per heavy atom. The molecular weight excluding hydrogens is 321 g/mol. The van der Waals surface area contributed by atoms with Crippen molar-refractivity contribution in [2.75, 3.05) is 19.6 Å². The molecule has 3 atom stereocenters. The molecule has 1 aromatic rings. The fourth-order valence-corrected chi connectivity index (χ4v) is 3.31. The van der Waals surface area contributed by atoms with Gasteiger partial charge >= 0.3 is 6.36 Å². The van der Waals surface area contributed by atoms with Crippen LogP contribution < -0.4 is 15.4 Å². The SMILES string of the molecule is O=C(NCC1CCCNC1)C1CC1c1ccccc1OC(F)(F)F. The van der Waals surface area contributed by atoms with Gasteiger partial charge in [0.15, 0.2) is 0 Å². The van der Waals surface area contributed by atoms with Gasteiger partial charge in [-0.3, -0.25) is 4.79 Å². The van der Waals surface area contributed by atoms with Crippen LogP contribution >= 0.6 is 0 Å². The van der Waals surface area contributed by atoms with E-state index in [1.54, 1.807) is 12.1 Å². The molecule has 1 heterocycles. The van der Waals surface area contributed by atoms with Crippen molar-refractivity contribution in [3.63, 3.8) is 0 Å². The summed E-state index contributed by atoms with van der Waals surface area (Å²) in [5.74, 6) is -0.317. The van der Waals surface area contributed by atoms with Crippen LogP contribution in [0.15, 0.2) is 24.3 Å². The highest BCUT2D eigenvalue weighted by Gasteiger charge is 2.46. The quantitative estimate of drug-likeness (QED) is 0.865. The molecular formula is C17H21F3N2O2. The van der Waals surface area contributed by atoms with Gasteiger partial charge in [0.25, 0.3) is 0 Å².